The summed E-state index contributed by atoms with van der Waals surface area (Å²) in [5.41, 5.74) is 0.895. The van der Waals surface area contributed by atoms with Crippen molar-refractivity contribution in [3.05, 3.63) is 58.1 Å². The molecule has 6 heteroatoms. The van der Waals surface area contributed by atoms with Crippen LogP contribution in [0.2, 0.25) is 10.0 Å². The molecule has 4 nitrogen and oxygen atoms in total. The van der Waals surface area contributed by atoms with Crippen LogP contribution < -0.4 is 10.1 Å². The largest absolute Gasteiger partial charge is 0.482 e. The van der Waals surface area contributed by atoms with Crippen molar-refractivity contribution in [3.63, 3.8) is 0 Å². The van der Waals surface area contributed by atoms with Gasteiger partial charge in [0.2, 0.25) is 0 Å². The molecule has 0 aliphatic heterocycles. The number of nitrogens with one attached hydrogen (secondary N) is 1. The Morgan fingerprint density at radius 2 is 1.86 bits per heavy atom. The molecule has 1 N–H and O–H groups in total. The van der Waals surface area contributed by atoms with Gasteiger partial charge in [0.1, 0.15) is 5.75 Å². The molecule has 0 radical (unpaired) electrons. The molecule has 0 unspecified atom stereocenters. The minimum Gasteiger partial charge on any atom is -0.482 e. The van der Waals surface area contributed by atoms with Crippen LogP contribution in [0.5, 0.6) is 5.75 Å². The summed E-state index contributed by atoms with van der Waals surface area (Å²) in [6, 6.07) is 11.5. The Labute approximate surface area is 138 Å². The second-order valence-corrected chi connectivity index (χ2v) is 5.36. The first kappa shape index (κ1) is 16.3. The van der Waals surface area contributed by atoms with Gasteiger partial charge in [-0.1, -0.05) is 35.3 Å². The number of hydrogen-bond acceptors (Lipinski definition) is 3. The van der Waals surface area contributed by atoms with Crippen molar-refractivity contribution in [3.8, 4) is 5.75 Å². The molecule has 2 aromatic carbocycles. The minimum atomic E-state index is -0.389. The highest BCUT2D eigenvalue weighted by atomic mass is 35.5. The Bertz CT molecular complexity index is 716. The number of para-hydroxylation sites is 1. The van der Waals surface area contributed by atoms with Crippen LogP contribution in [0.3, 0.4) is 0 Å². The lowest BCUT2D eigenvalue weighted by atomic mass is 10.1. The molecule has 0 atom stereocenters. The molecule has 2 rings (SSSR count). The lowest BCUT2D eigenvalue weighted by molar-refractivity contribution is -0.118. The summed E-state index contributed by atoms with van der Waals surface area (Å²) in [5, 5.41) is 3.45. The van der Waals surface area contributed by atoms with Crippen molar-refractivity contribution in [1.82, 2.24) is 0 Å². The highest BCUT2D eigenvalue weighted by Gasteiger charge is 2.11. The number of ether oxygens (including phenoxy) is 1. The molecule has 0 aliphatic carbocycles. The third-order valence-electron chi connectivity index (χ3n) is 2.83. The van der Waals surface area contributed by atoms with Crippen molar-refractivity contribution in [2.75, 3.05) is 11.9 Å². The number of carbonyl (C=O) groups excluding carboxylic acids is 2. The van der Waals surface area contributed by atoms with Crippen LogP contribution >= 0.6 is 23.2 Å². The van der Waals surface area contributed by atoms with E-state index in [2.05, 4.69) is 5.32 Å². The monoisotopic (exact) mass is 337 g/mol. The first-order valence-electron chi connectivity index (χ1n) is 6.45. The van der Waals surface area contributed by atoms with Gasteiger partial charge >= 0.3 is 0 Å². The maximum Gasteiger partial charge on any atom is 0.262 e. The number of anilines is 1. The molecule has 22 heavy (non-hydrogen) atoms. The Balaban J connectivity index is 2.00. The molecule has 0 heterocycles. The molecule has 0 spiro atoms. The van der Waals surface area contributed by atoms with Gasteiger partial charge in [-0.15, -0.1) is 0 Å². The summed E-state index contributed by atoms with van der Waals surface area (Å²) in [6.45, 7) is 1.21. The highest BCUT2D eigenvalue weighted by Crippen LogP contribution is 2.27. The summed E-state index contributed by atoms with van der Waals surface area (Å²) in [6.07, 6.45) is 0. The fraction of sp³-hybridized carbons (Fsp3) is 0.125. The standard InChI is InChI=1S/C16H13Cl2NO3/c1-10(20)12-4-2-3-5-14(12)19-16(21)9-22-15-7-6-11(17)8-13(15)18/h2-8H,9H2,1H3,(H,19,21). The van der Waals surface area contributed by atoms with E-state index in [1.807, 2.05) is 0 Å². The maximum atomic E-state index is 11.9. The number of ketones is 1. The quantitative estimate of drug-likeness (QED) is 0.831. The topological polar surface area (TPSA) is 55.4 Å². The number of carbonyl (C=O) groups is 2. The van der Waals surface area contributed by atoms with E-state index >= 15 is 0 Å². The van der Waals surface area contributed by atoms with Crippen molar-refractivity contribution < 1.29 is 14.3 Å². The summed E-state index contributed by atoms with van der Waals surface area (Å²) in [4.78, 5) is 23.4. The van der Waals surface area contributed by atoms with E-state index in [0.29, 0.717) is 27.0 Å². The van der Waals surface area contributed by atoms with Gasteiger partial charge in [-0.05, 0) is 37.3 Å². The van der Waals surface area contributed by atoms with Crippen LogP contribution in [0, 0.1) is 0 Å². The zero-order valence-electron chi connectivity index (χ0n) is 11.7. The van der Waals surface area contributed by atoms with Crippen LogP contribution in [0.1, 0.15) is 17.3 Å². The van der Waals surface area contributed by atoms with Gasteiger partial charge < -0.3 is 10.1 Å². The van der Waals surface area contributed by atoms with Crippen LogP contribution in [0.25, 0.3) is 0 Å². The van der Waals surface area contributed by atoms with Gasteiger partial charge in [-0.25, -0.2) is 0 Å². The Hall–Kier alpha value is -2.04. The summed E-state index contributed by atoms with van der Waals surface area (Å²) >= 11 is 11.7. The Kier molecular flexibility index (Phi) is 5.41. The van der Waals surface area contributed by atoms with Gasteiger partial charge in [-0.3, -0.25) is 9.59 Å². The van der Waals surface area contributed by atoms with Gasteiger partial charge in [0.15, 0.2) is 12.4 Å². The molecule has 0 aromatic heterocycles. The van der Waals surface area contributed by atoms with Crippen LogP contribution in [0.15, 0.2) is 42.5 Å². The fourth-order valence-corrected chi connectivity index (χ4v) is 2.28. The number of hydrogen-bond donors (Lipinski definition) is 1. The van der Waals surface area contributed by atoms with Crippen molar-refractivity contribution in [2.24, 2.45) is 0 Å². The molecule has 1 amide bonds. The van der Waals surface area contributed by atoms with E-state index in [1.165, 1.54) is 13.0 Å². The van der Waals surface area contributed by atoms with Crippen LogP contribution in [-0.2, 0) is 4.79 Å². The predicted molar refractivity (Wildman–Crippen MR) is 87.0 cm³/mol. The third-order valence-corrected chi connectivity index (χ3v) is 3.36. The lowest BCUT2D eigenvalue weighted by Crippen LogP contribution is -2.21. The van der Waals surface area contributed by atoms with E-state index < -0.39 is 0 Å². The number of rotatable bonds is 5. The molecule has 0 saturated heterocycles. The molecule has 0 aliphatic rings. The zero-order valence-corrected chi connectivity index (χ0v) is 13.2. The molecule has 0 saturated carbocycles. The minimum absolute atomic E-state index is 0.127. The normalized spacial score (nSPS) is 10.1. The summed E-state index contributed by atoms with van der Waals surface area (Å²) in [7, 11) is 0. The van der Waals surface area contributed by atoms with Crippen LogP contribution in [0.4, 0.5) is 5.69 Å². The third kappa shape index (κ3) is 4.23. The van der Waals surface area contributed by atoms with Crippen LogP contribution in [-0.4, -0.2) is 18.3 Å². The first-order valence-corrected chi connectivity index (χ1v) is 7.20. The predicted octanol–water partition coefficient (Wildman–Crippen LogP) is 4.21. The van der Waals surface area contributed by atoms with E-state index in [9.17, 15) is 9.59 Å². The zero-order chi connectivity index (χ0) is 16.1. The first-order chi connectivity index (χ1) is 10.5. The van der Waals surface area contributed by atoms with Crippen molar-refractivity contribution in [1.29, 1.82) is 0 Å². The van der Waals surface area contributed by atoms with E-state index in [0.717, 1.165) is 0 Å². The average molecular weight is 338 g/mol. The fourth-order valence-electron chi connectivity index (χ4n) is 1.82. The number of benzene rings is 2. The molecule has 2 aromatic rings. The Morgan fingerprint density at radius 3 is 2.55 bits per heavy atom. The van der Waals surface area contributed by atoms with Crippen molar-refractivity contribution >= 4 is 40.6 Å². The molecular formula is C16H13Cl2NO3. The smallest absolute Gasteiger partial charge is 0.262 e. The average Bonchev–Trinajstić information content (AvgIpc) is 2.46. The summed E-state index contributed by atoms with van der Waals surface area (Å²) in [5.74, 6) is -0.154. The summed E-state index contributed by atoms with van der Waals surface area (Å²) < 4.78 is 5.34. The van der Waals surface area contributed by atoms with E-state index in [4.69, 9.17) is 27.9 Å². The number of halogens is 2. The van der Waals surface area contributed by atoms with Gasteiger partial charge in [0, 0.05) is 10.6 Å². The second kappa shape index (κ2) is 7.29. The molecular weight excluding hydrogens is 325 g/mol. The van der Waals surface area contributed by atoms with Gasteiger partial charge in [0.05, 0.1) is 10.7 Å². The van der Waals surface area contributed by atoms with E-state index in [-0.39, 0.29) is 18.3 Å². The van der Waals surface area contributed by atoms with E-state index in [1.54, 1.807) is 36.4 Å². The number of Topliss-reactive ketones (excluding diaryl/α,β-unsaturated/α-hetero) is 1. The van der Waals surface area contributed by atoms with Crippen molar-refractivity contribution in [2.45, 2.75) is 6.92 Å². The highest BCUT2D eigenvalue weighted by molar-refractivity contribution is 6.35. The second-order valence-electron chi connectivity index (χ2n) is 4.51. The SMILES string of the molecule is CC(=O)c1ccccc1NC(=O)COc1ccc(Cl)cc1Cl. The molecule has 0 bridgehead atoms. The molecule has 0 fully saturated rings. The van der Waals surface area contributed by atoms with Gasteiger partial charge in [-0.2, -0.15) is 0 Å². The van der Waals surface area contributed by atoms with Gasteiger partial charge in [0.25, 0.3) is 5.91 Å². The maximum absolute atomic E-state index is 11.9. The lowest BCUT2D eigenvalue weighted by Gasteiger charge is -2.11. The number of amides is 1. The molecule has 114 valence electrons. The Morgan fingerprint density at radius 1 is 1.14 bits per heavy atom.